The number of Topliss-reactive ketones (excluding diaryl/α,β-unsaturated/α-hetero) is 1. The van der Waals surface area contributed by atoms with Gasteiger partial charge in [0.1, 0.15) is 5.78 Å². The van der Waals surface area contributed by atoms with E-state index in [4.69, 9.17) is 16.3 Å². The summed E-state index contributed by atoms with van der Waals surface area (Å²) >= 11 is 5.31. The first kappa shape index (κ1) is 10.9. The zero-order valence-corrected chi connectivity index (χ0v) is 7.69. The smallest absolute Gasteiger partial charge is 0.147 e. The summed E-state index contributed by atoms with van der Waals surface area (Å²) < 4.78 is 5.10. The van der Waals surface area contributed by atoms with E-state index >= 15 is 0 Å². The van der Waals surface area contributed by atoms with E-state index in [1.807, 2.05) is 6.92 Å². The van der Waals surface area contributed by atoms with E-state index < -0.39 is 0 Å². The van der Waals surface area contributed by atoms with Gasteiger partial charge >= 0.3 is 0 Å². The highest BCUT2D eigenvalue weighted by molar-refractivity contribution is 6.27. The molecule has 0 N–H and O–H groups in total. The van der Waals surface area contributed by atoms with Crippen molar-refractivity contribution < 1.29 is 9.53 Å². The van der Waals surface area contributed by atoms with Crippen LogP contribution in [0.2, 0.25) is 0 Å². The van der Waals surface area contributed by atoms with E-state index in [2.05, 4.69) is 0 Å². The summed E-state index contributed by atoms with van der Waals surface area (Å²) in [6.07, 6.45) is 2.44. The van der Waals surface area contributed by atoms with Crippen LogP contribution < -0.4 is 0 Å². The lowest BCUT2D eigenvalue weighted by Crippen LogP contribution is -2.00. The van der Waals surface area contributed by atoms with Gasteiger partial charge < -0.3 is 4.74 Å². The first-order valence-electron chi connectivity index (χ1n) is 3.96. The van der Waals surface area contributed by atoms with Gasteiger partial charge in [0.05, 0.1) is 5.88 Å². The first-order chi connectivity index (χ1) is 5.31. The van der Waals surface area contributed by atoms with E-state index in [-0.39, 0.29) is 11.7 Å². The third-order valence-corrected chi connectivity index (χ3v) is 1.65. The van der Waals surface area contributed by atoms with Crippen LogP contribution in [0.3, 0.4) is 0 Å². The molecular formula is C8H15ClO2. The maximum atomic E-state index is 10.7. The molecule has 0 rings (SSSR count). The lowest BCUT2D eigenvalue weighted by molar-refractivity contribution is -0.116. The molecule has 0 atom stereocenters. The number of ketones is 1. The molecule has 0 saturated heterocycles. The molecule has 0 aromatic heterocycles. The number of halogens is 1. The van der Waals surface area contributed by atoms with Crippen LogP contribution in [0.15, 0.2) is 0 Å². The Balaban J connectivity index is 2.95. The molecule has 0 spiro atoms. The molecule has 0 radical (unpaired) electrons. The van der Waals surface area contributed by atoms with Gasteiger partial charge in [0.2, 0.25) is 0 Å². The second-order valence-corrected chi connectivity index (χ2v) is 2.59. The number of rotatable bonds is 7. The Morgan fingerprint density at radius 1 is 1.45 bits per heavy atom. The van der Waals surface area contributed by atoms with Crippen LogP contribution >= 0.6 is 11.6 Å². The van der Waals surface area contributed by atoms with Gasteiger partial charge in [-0.05, 0) is 19.8 Å². The molecule has 0 amide bonds. The van der Waals surface area contributed by atoms with Crippen molar-refractivity contribution in [2.45, 2.75) is 26.2 Å². The minimum atomic E-state index is 0.128. The van der Waals surface area contributed by atoms with Gasteiger partial charge in [0.15, 0.2) is 0 Å². The van der Waals surface area contributed by atoms with Crippen LogP contribution in [0.5, 0.6) is 0 Å². The van der Waals surface area contributed by atoms with Crippen LogP contribution in [-0.4, -0.2) is 24.9 Å². The van der Waals surface area contributed by atoms with Crippen LogP contribution in [-0.2, 0) is 9.53 Å². The lowest BCUT2D eigenvalue weighted by atomic mass is 10.2. The van der Waals surface area contributed by atoms with Crippen molar-refractivity contribution in [2.75, 3.05) is 19.1 Å². The zero-order chi connectivity index (χ0) is 8.53. The summed E-state index contributed by atoms with van der Waals surface area (Å²) in [5, 5.41) is 0. The molecule has 0 saturated carbocycles. The normalized spacial score (nSPS) is 10.0. The van der Waals surface area contributed by atoms with Crippen molar-refractivity contribution in [3.8, 4) is 0 Å². The third kappa shape index (κ3) is 7.82. The second-order valence-electron chi connectivity index (χ2n) is 2.33. The van der Waals surface area contributed by atoms with Crippen molar-refractivity contribution in [1.29, 1.82) is 0 Å². The molecule has 0 aromatic rings. The molecular weight excluding hydrogens is 164 g/mol. The van der Waals surface area contributed by atoms with E-state index in [1.54, 1.807) is 0 Å². The summed E-state index contributed by atoms with van der Waals surface area (Å²) in [4.78, 5) is 10.7. The average Bonchev–Trinajstić information content (AvgIpc) is 2.04. The fraction of sp³-hybridized carbons (Fsp3) is 0.875. The number of hydrogen-bond donors (Lipinski definition) is 0. The number of carbonyl (C=O) groups excluding carboxylic acids is 1. The van der Waals surface area contributed by atoms with Gasteiger partial charge in [-0.15, -0.1) is 11.6 Å². The number of alkyl halides is 1. The molecule has 3 heteroatoms. The Hall–Kier alpha value is -0.0800. The molecule has 0 unspecified atom stereocenters. The van der Waals surface area contributed by atoms with Crippen LogP contribution in [0.25, 0.3) is 0 Å². The van der Waals surface area contributed by atoms with Gasteiger partial charge in [-0.1, -0.05) is 0 Å². The number of ether oxygens (including phenoxy) is 1. The van der Waals surface area contributed by atoms with Gasteiger partial charge in [-0.2, -0.15) is 0 Å². The number of carbonyl (C=O) groups is 1. The topological polar surface area (TPSA) is 26.3 Å². The van der Waals surface area contributed by atoms with Crippen molar-refractivity contribution in [3.63, 3.8) is 0 Å². The molecule has 0 heterocycles. The van der Waals surface area contributed by atoms with Gasteiger partial charge in [0.25, 0.3) is 0 Å². The van der Waals surface area contributed by atoms with Crippen molar-refractivity contribution in [2.24, 2.45) is 0 Å². The van der Waals surface area contributed by atoms with E-state index in [0.29, 0.717) is 6.42 Å². The molecule has 2 nitrogen and oxygen atoms in total. The van der Waals surface area contributed by atoms with Crippen molar-refractivity contribution >= 4 is 17.4 Å². The Kier molecular flexibility index (Phi) is 7.96. The molecule has 0 aromatic carbocycles. The summed E-state index contributed by atoms with van der Waals surface area (Å²) in [7, 11) is 0. The van der Waals surface area contributed by atoms with E-state index in [9.17, 15) is 4.79 Å². The standard InChI is InChI=1S/C8H15ClO2/c1-2-11-6-4-3-5-8(10)7-9/h2-7H2,1H3. The Morgan fingerprint density at radius 2 is 2.18 bits per heavy atom. The quantitative estimate of drug-likeness (QED) is 0.440. The maximum absolute atomic E-state index is 10.7. The molecule has 0 aliphatic carbocycles. The Labute approximate surface area is 72.9 Å². The number of hydrogen-bond acceptors (Lipinski definition) is 2. The lowest BCUT2D eigenvalue weighted by Gasteiger charge is -1.99. The molecule has 11 heavy (non-hydrogen) atoms. The van der Waals surface area contributed by atoms with Crippen LogP contribution in [0, 0.1) is 0 Å². The Morgan fingerprint density at radius 3 is 2.73 bits per heavy atom. The predicted octanol–water partition coefficient (Wildman–Crippen LogP) is 2.00. The summed E-state index contributed by atoms with van der Waals surface area (Å²) in [6.45, 7) is 3.47. The largest absolute Gasteiger partial charge is 0.382 e. The first-order valence-corrected chi connectivity index (χ1v) is 4.50. The molecule has 0 aliphatic heterocycles. The van der Waals surface area contributed by atoms with Gasteiger partial charge in [-0.3, -0.25) is 4.79 Å². The van der Waals surface area contributed by atoms with E-state index in [0.717, 1.165) is 26.1 Å². The van der Waals surface area contributed by atoms with Gasteiger partial charge in [-0.25, -0.2) is 0 Å². The zero-order valence-electron chi connectivity index (χ0n) is 6.94. The highest BCUT2D eigenvalue weighted by atomic mass is 35.5. The molecule has 0 fully saturated rings. The Bertz CT molecular complexity index is 104. The van der Waals surface area contributed by atoms with Crippen LogP contribution in [0.4, 0.5) is 0 Å². The van der Waals surface area contributed by atoms with Gasteiger partial charge in [0, 0.05) is 19.6 Å². The van der Waals surface area contributed by atoms with Crippen LogP contribution in [0.1, 0.15) is 26.2 Å². The van der Waals surface area contributed by atoms with Crippen molar-refractivity contribution in [3.05, 3.63) is 0 Å². The minimum Gasteiger partial charge on any atom is -0.382 e. The summed E-state index contributed by atoms with van der Waals surface area (Å²) in [6, 6.07) is 0. The monoisotopic (exact) mass is 178 g/mol. The average molecular weight is 179 g/mol. The highest BCUT2D eigenvalue weighted by Crippen LogP contribution is 1.97. The molecule has 0 bridgehead atoms. The maximum Gasteiger partial charge on any atom is 0.147 e. The third-order valence-electron chi connectivity index (χ3n) is 1.35. The second kappa shape index (κ2) is 8.02. The summed E-state index contributed by atoms with van der Waals surface area (Å²) in [5.41, 5.74) is 0. The fourth-order valence-electron chi connectivity index (χ4n) is 0.737. The highest BCUT2D eigenvalue weighted by Gasteiger charge is 1.97. The van der Waals surface area contributed by atoms with Crippen molar-refractivity contribution in [1.82, 2.24) is 0 Å². The minimum absolute atomic E-state index is 0.128. The molecule has 66 valence electrons. The fourth-order valence-corrected chi connectivity index (χ4v) is 0.871. The summed E-state index contributed by atoms with van der Waals surface area (Å²) in [5.74, 6) is 0.275. The SMILES string of the molecule is CCOCCCCC(=O)CCl. The molecule has 0 aliphatic rings. The van der Waals surface area contributed by atoms with E-state index in [1.165, 1.54) is 0 Å². The number of unbranched alkanes of at least 4 members (excludes halogenated alkanes) is 1. The predicted molar refractivity (Wildman–Crippen MR) is 46.1 cm³/mol.